The van der Waals surface area contributed by atoms with Crippen molar-refractivity contribution in [2.75, 3.05) is 5.32 Å². The minimum Gasteiger partial charge on any atom is -0.478 e. The largest absolute Gasteiger partial charge is 0.478 e. The molecule has 28 heavy (non-hydrogen) atoms. The summed E-state index contributed by atoms with van der Waals surface area (Å²) < 4.78 is 6.52. The number of anilines is 1. The molecule has 0 aliphatic rings. The molecule has 2 aromatic carbocycles. The molecule has 0 saturated carbocycles. The van der Waals surface area contributed by atoms with Crippen LogP contribution in [0.2, 0.25) is 5.02 Å². The molecule has 3 N–H and O–H groups in total. The van der Waals surface area contributed by atoms with Gasteiger partial charge in [-0.2, -0.15) is 0 Å². The van der Waals surface area contributed by atoms with Crippen LogP contribution in [0.3, 0.4) is 0 Å². The van der Waals surface area contributed by atoms with Crippen LogP contribution >= 0.6 is 39.7 Å². The molecule has 0 bridgehead atoms. The van der Waals surface area contributed by atoms with Crippen molar-refractivity contribution < 1.29 is 19.1 Å². The molecule has 0 unspecified atom stereocenters. The van der Waals surface area contributed by atoms with Crippen molar-refractivity contribution in [3.63, 3.8) is 0 Å². The Morgan fingerprint density at radius 1 is 1.07 bits per heavy atom. The van der Waals surface area contributed by atoms with Crippen molar-refractivity contribution >= 4 is 62.4 Å². The number of carbonyl (C=O) groups is 2. The third-order valence-electron chi connectivity index (χ3n) is 3.64. The van der Waals surface area contributed by atoms with Gasteiger partial charge in [-0.1, -0.05) is 39.7 Å². The minimum absolute atomic E-state index is 0.0192. The van der Waals surface area contributed by atoms with Crippen molar-refractivity contribution in [1.29, 1.82) is 0 Å². The van der Waals surface area contributed by atoms with Crippen molar-refractivity contribution in [3.8, 4) is 11.3 Å². The number of nitrogens with one attached hydrogen (secondary N) is 2. The van der Waals surface area contributed by atoms with Gasteiger partial charge in [0.2, 0.25) is 0 Å². The molecule has 0 spiro atoms. The summed E-state index contributed by atoms with van der Waals surface area (Å²) >= 11 is 14.4. The second-order valence-electron chi connectivity index (χ2n) is 5.58. The van der Waals surface area contributed by atoms with Gasteiger partial charge >= 0.3 is 5.97 Å². The Morgan fingerprint density at radius 3 is 2.43 bits per heavy atom. The second-order valence-corrected chi connectivity index (χ2v) is 7.31. The van der Waals surface area contributed by atoms with Crippen LogP contribution in [0.5, 0.6) is 0 Å². The molecule has 1 aromatic heterocycles. The van der Waals surface area contributed by atoms with E-state index in [2.05, 4.69) is 26.6 Å². The first-order valence-electron chi connectivity index (χ1n) is 7.84. The summed E-state index contributed by atoms with van der Waals surface area (Å²) in [5, 5.41) is 14.3. The molecular formula is C19H12BrClN2O4S. The number of furan rings is 1. The average Bonchev–Trinajstić information content (AvgIpc) is 3.12. The molecule has 0 atom stereocenters. The first kappa shape index (κ1) is 20.1. The molecule has 0 saturated heterocycles. The van der Waals surface area contributed by atoms with Gasteiger partial charge in [0.25, 0.3) is 5.91 Å². The molecule has 3 aromatic rings. The van der Waals surface area contributed by atoms with Crippen molar-refractivity contribution in [2.24, 2.45) is 0 Å². The van der Waals surface area contributed by atoms with Crippen LogP contribution in [0.25, 0.3) is 11.3 Å². The summed E-state index contributed by atoms with van der Waals surface area (Å²) in [5.41, 5.74) is 1.24. The predicted molar refractivity (Wildman–Crippen MR) is 114 cm³/mol. The zero-order valence-corrected chi connectivity index (χ0v) is 17.2. The second kappa shape index (κ2) is 8.55. The van der Waals surface area contributed by atoms with Gasteiger partial charge < -0.3 is 14.8 Å². The average molecular weight is 480 g/mol. The molecule has 1 amide bonds. The Hall–Kier alpha value is -2.68. The van der Waals surface area contributed by atoms with Crippen molar-refractivity contribution in [2.45, 2.75) is 0 Å². The van der Waals surface area contributed by atoms with E-state index in [1.807, 2.05) is 24.3 Å². The molecule has 142 valence electrons. The standard InChI is InChI=1S/C19H12BrClN2O4S/c20-11-3-1-10(2-4-11)15-7-8-16(27-15)17(24)23-19(28)22-12-5-6-13(18(25)26)14(21)9-12/h1-9H,(H,25,26)(H2,22,23,24,28). The summed E-state index contributed by atoms with van der Waals surface area (Å²) in [6.45, 7) is 0. The third-order valence-corrected chi connectivity index (χ3v) is 4.69. The summed E-state index contributed by atoms with van der Waals surface area (Å²) in [7, 11) is 0. The lowest BCUT2D eigenvalue weighted by Crippen LogP contribution is -2.33. The van der Waals surface area contributed by atoms with E-state index in [0.717, 1.165) is 10.0 Å². The number of carboxylic acids is 1. The van der Waals surface area contributed by atoms with Gasteiger partial charge in [-0.3, -0.25) is 10.1 Å². The highest BCUT2D eigenvalue weighted by Gasteiger charge is 2.15. The smallest absolute Gasteiger partial charge is 0.337 e. The van der Waals surface area contributed by atoms with Gasteiger partial charge in [0.05, 0.1) is 10.6 Å². The highest BCUT2D eigenvalue weighted by molar-refractivity contribution is 9.10. The maximum Gasteiger partial charge on any atom is 0.337 e. The fraction of sp³-hybridized carbons (Fsp3) is 0. The Bertz CT molecular complexity index is 1070. The van der Waals surface area contributed by atoms with Gasteiger partial charge in [-0.05, 0) is 54.7 Å². The number of carboxylic acid groups (broad SMARTS) is 1. The zero-order chi connectivity index (χ0) is 20.3. The minimum atomic E-state index is -1.13. The highest BCUT2D eigenvalue weighted by atomic mass is 79.9. The summed E-state index contributed by atoms with van der Waals surface area (Å²) in [6, 6.07) is 15.0. The van der Waals surface area contributed by atoms with Gasteiger partial charge in [-0.15, -0.1) is 0 Å². The van der Waals surface area contributed by atoms with Gasteiger partial charge in [0.15, 0.2) is 10.9 Å². The van der Waals surface area contributed by atoms with Crippen LogP contribution in [0, 0.1) is 0 Å². The quantitative estimate of drug-likeness (QED) is 0.446. The molecule has 3 rings (SSSR count). The van der Waals surface area contributed by atoms with Crippen LogP contribution in [0.4, 0.5) is 5.69 Å². The van der Waals surface area contributed by atoms with Crippen LogP contribution in [0.15, 0.2) is 63.5 Å². The normalized spacial score (nSPS) is 10.4. The van der Waals surface area contributed by atoms with E-state index in [-0.39, 0.29) is 21.5 Å². The molecule has 1 heterocycles. The van der Waals surface area contributed by atoms with Crippen LogP contribution in [-0.2, 0) is 0 Å². The summed E-state index contributed by atoms with van der Waals surface area (Å²) in [6.07, 6.45) is 0. The van der Waals surface area contributed by atoms with Crippen molar-refractivity contribution in [3.05, 3.63) is 75.4 Å². The fourth-order valence-corrected chi connectivity index (χ4v) is 3.06. The molecule has 0 aliphatic heterocycles. The Morgan fingerprint density at radius 2 is 1.79 bits per heavy atom. The first-order valence-corrected chi connectivity index (χ1v) is 9.42. The highest BCUT2D eigenvalue weighted by Crippen LogP contribution is 2.24. The van der Waals surface area contributed by atoms with Gasteiger partial charge in [0.1, 0.15) is 5.76 Å². The van der Waals surface area contributed by atoms with Crippen LogP contribution in [-0.4, -0.2) is 22.1 Å². The van der Waals surface area contributed by atoms with Crippen molar-refractivity contribution in [1.82, 2.24) is 5.32 Å². The third kappa shape index (κ3) is 4.78. The molecule has 0 aliphatic carbocycles. The van der Waals surface area contributed by atoms with Crippen LogP contribution in [0.1, 0.15) is 20.9 Å². The first-order chi connectivity index (χ1) is 13.3. The molecule has 6 nitrogen and oxygen atoms in total. The lowest BCUT2D eigenvalue weighted by atomic mass is 10.2. The van der Waals surface area contributed by atoms with Crippen LogP contribution < -0.4 is 10.6 Å². The summed E-state index contributed by atoms with van der Waals surface area (Å²) in [5.74, 6) is -1.00. The van der Waals surface area contributed by atoms with Gasteiger partial charge in [0, 0.05) is 15.7 Å². The van der Waals surface area contributed by atoms with E-state index in [4.69, 9.17) is 33.3 Å². The number of carbonyl (C=O) groups excluding carboxylic acids is 1. The number of thiocarbonyl (C=S) groups is 1. The molecular weight excluding hydrogens is 468 g/mol. The van der Waals surface area contributed by atoms with E-state index in [1.165, 1.54) is 18.2 Å². The number of hydrogen-bond acceptors (Lipinski definition) is 4. The van der Waals surface area contributed by atoms with E-state index >= 15 is 0 Å². The Balaban J connectivity index is 1.65. The number of rotatable bonds is 4. The maximum absolute atomic E-state index is 12.3. The lowest BCUT2D eigenvalue weighted by molar-refractivity contribution is 0.0697. The monoisotopic (exact) mass is 478 g/mol. The van der Waals surface area contributed by atoms with E-state index in [1.54, 1.807) is 12.1 Å². The lowest BCUT2D eigenvalue weighted by Gasteiger charge is -2.09. The number of halogens is 2. The van der Waals surface area contributed by atoms with E-state index in [9.17, 15) is 9.59 Å². The predicted octanol–water partition coefficient (Wildman–Crippen LogP) is 5.19. The summed E-state index contributed by atoms with van der Waals surface area (Å²) in [4.78, 5) is 23.3. The number of amides is 1. The number of benzene rings is 2. The van der Waals surface area contributed by atoms with E-state index in [0.29, 0.717) is 11.4 Å². The van der Waals surface area contributed by atoms with Gasteiger partial charge in [-0.25, -0.2) is 4.79 Å². The Labute approximate surface area is 178 Å². The number of aromatic carboxylic acids is 1. The fourth-order valence-electron chi connectivity index (χ4n) is 2.32. The maximum atomic E-state index is 12.3. The van der Waals surface area contributed by atoms with E-state index < -0.39 is 11.9 Å². The molecule has 9 heteroatoms. The SMILES string of the molecule is O=C(NC(=S)Nc1ccc(C(=O)O)c(Cl)c1)c1ccc(-c2ccc(Br)cc2)o1. The molecule has 0 fully saturated rings. The molecule has 0 radical (unpaired) electrons. The number of hydrogen-bond donors (Lipinski definition) is 3. The zero-order valence-electron chi connectivity index (χ0n) is 14.0. The topological polar surface area (TPSA) is 91.6 Å². The Kier molecular flexibility index (Phi) is 6.13.